The smallest absolute Gasteiger partial charge is 0.337 e. The first-order chi connectivity index (χ1) is 6.70. The molecule has 0 fully saturated rings. The number of benzene rings is 1. The second-order valence-corrected chi connectivity index (χ2v) is 2.96. The van der Waals surface area contributed by atoms with Gasteiger partial charge < -0.3 is 9.15 Å². The van der Waals surface area contributed by atoms with Gasteiger partial charge in [-0.05, 0) is 29.8 Å². The lowest BCUT2D eigenvalue weighted by Gasteiger charge is -1.96. The third-order valence-corrected chi connectivity index (χ3v) is 1.95. The van der Waals surface area contributed by atoms with Crippen LogP contribution in [-0.2, 0) is 4.74 Å². The van der Waals surface area contributed by atoms with Crippen molar-refractivity contribution in [3.8, 4) is 0 Å². The van der Waals surface area contributed by atoms with E-state index in [1.807, 2.05) is 0 Å². The molecule has 2 rings (SSSR count). The molecule has 72 valence electrons. The summed E-state index contributed by atoms with van der Waals surface area (Å²) in [4.78, 5) is 15.0. The molecule has 14 heavy (non-hydrogen) atoms. The summed E-state index contributed by atoms with van der Waals surface area (Å²) < 4.78 is 9.61. The molecular formula is C9H6ClNO3. The molecule has 5 heteroatoms. The van der Waals surface area contributed by atoms with Crippen LogP contribution in [0.25, 0.3) is 11.1 Å². The summed E-state index contributed by atoms with van der Waals surface area (Å²) in [5.41, 5.74) is 1.49. The number of fused-ring (bicyclic) bond motifs is 1. The SMILES string of the molecule is COC(=O)c1ccc2nc(Cl)oc2c1. The number of aromatic nitrogens is 1. The Bertz CT molecular complexity index is 492. The zero-order chi connectivity index (χ0) is 10.1. The monoisotopic (exact) mass is 211 g/mol. The zero-order valence-corrected chi connectivity index (χ0v) is 8.04. The molecule has 2 aromatic rings. The van der Waals surface area contributed by atoms with Gasteiger partial charge in [-0.1, -0.05) is 0 Å². The van der Waals surface area contributed by atoms with Crippen LogP contribution in [0.2, 0.25) is 5.35 Å². The molecule has 0 bridgehead atoms. The maximum absolute atomic E-state index is 11.1. The van der Waals surface area contributed by atoms with Gasteiger partial charge in [0.15, 0.2) is 5.58 Å². The summed E-state index contributed by atoms with van der Waals surface area (Å²) in [6.07, 6.45) is 0. The third-order valence-electron chi connectivity index (χ3n) is 1.78. The molecule has 0 aliphatic rings. The fourth-order valence-electron chi connectivity index (χ4n) is 1.14. The minimum Gasteiger partial charge on any atom is -0.465 e. The first-order valence-electron chi connectivity index (χ1n) is 3.85. The van der Waals surface area contributed by atoms with Gasteiger partial charge in [0.1, 0.15) is 5.52 Å². The highest BCUT2D eigenvalue weighted by Gasteiger charge is 2.09. The van der Waals surface area contributed by atoms with Gasteiger partial charge in [0.25, 0.3) is 5.35 Å². The van der Waals surface area contributed by atoms with E-state index < -0.39 is 5.97 Å². The van der Waals surface area contributed by atoms with E-state index in [2.05, 4.69) is 9.72 Å². The van der Waals surface area contributed by atoms with E-state index in [1.165, 1.54) is 7.11 Å². The van der Waals surface area contributed by atoms with Gasteiger partial charge in [0, 0.05) is 0 Å². The minimum atomic E-state index is -0.417. The quantitative estimate of drug-likeness (QED) is 0.679. The number of nitrogens with zero attached hydrogens (tertiary/aromatic N) is 1. The highest BCUT2D eigenvalue weighted by atomic mass is 35.5. The molecule has 0 aliphatic heterocycles. The fourth-order valence-corrected chi connectivity index (χ4v) is 1.32. The van der Waals surface area contributed by atoms with E-state index in [9.17, 15) is 4.79 Å². The molecule has 0 radical (unpaired) electrons. The van der Waals surface area contributed by atoms with Crippen LogP contribution < -0.4 is 0 Å². The number of rotatable bonds is 1. The topological polar surface area (TPSA) is 52.3 Å². The average Bonchev–Trinajstić information content (AvgIpc) is 2.55. The molecule has 1 aromatic heterocycles. The Balaban J connectivity index is 2.55. The van der Waals surface area contributed by atoms with Gasteiger partial charge in [0.05, 0.1) is 12.7 Å². The number of esters is 1. The summed E-state index contributed by atoms with van der Waals surface area (Å²) in [7, 11) is 1.32. The predicted molar refractivity (Wildman–Crippen MR) is 50.4 cm³/mol. The van der Waals surface area contributed by atoms with E-state index in [0.717, 1.165) is 0 Å². The van der Waals surface area contributed by atoms with Gasteiger partial charge in [-0.25, -0.2) is 4.79 Å². The van der Waals surface area contributed by atoms with Crippen LogP contribution in [0.4, 0.5) is 0 Å². The highest BCUT2D eigenvalue weighted by molar-refractivity contribution is 6.28. The minimum absolute atomic E-state index is 0.0574. The Hall–Kier alpha value is -1.55. The number of carbonyl (C=O) groups is 1. The van der Waals surface area contributed by atoms with E-state index in [1.54, 1.807) is 18.2 Å². The largest absolute Gasteiger partial charge is 0.465 e. The molecule has 0 saturated carbocycles. The molecule has 1 heterocycles. The Labute approximate surface area is 84.4 Å². The second-order valence-electron chi connectivity index (χ2n) is 2.64. The Kier molecular flexibility index (Phi) is 2.13. The van der Waals surface area contributed by atoms with E-state index >= 15 is 0 Å². The van der Waals surface area contributed by atoms with Crippen LogP contribution in [0.1, 0.15) is 10.4 Å². The van der Waals surface area contributed by atoms with Crippen LogP contribution in [-0.4, -0.2) is 18.1 Å². The summed E-state index contributed by atoms with van der Waals surface area (Å²) in [5, 5.41) is 0.0574. The van der Waals surface area contributed by atoms with Gasteiger partial charge in [-0.15, -0.1) is 0 Å². The van der Waals surface area contributed by atoms with Crippen molar-refractivity contribution >= 4 is 28.7 Å². The lowest BCUT2D eigenvalue weighted by atomic mass is 10.2. The maximum Gasteiger partial charge on any atom is 0.337 e. The molecule has 0 unspecified atom stereocenters. The van der Waals surface area contributed by atoms with Crippen molar-refractivity contribution < 1.29 is 13.9 Å². The van der Waals surface area contributed by atoms with E-state index in [0.29, 0.717) is 16.7 Å². The normalized spacial score (nSPS) is 10.4. The van der Waals surface area contributed by atoms with Crippen molar-refractivity contribution in [2.45, 2.75) is 0 Å². The lowest BCUT2D eigenvalue weighted by molar-refractivity contribution is 0.0601. The maximum atomic E-state index is 11.1. The summed E-state index contributed by atoms with van der Waals surface area (Å²) >= 11 is 5.55. The van der Waals surface area contributed by atoms with Gasteiger partial charge >= 0.3 is 5.97 Å². The summed E-state index contributed by atoms with van der Waals surface area (Å²) in [6.45, 7) is 0. The highest BCUT2D eigenvalue weighted by Crippen LogP contribution is 2.20. The van der Waals surface area contributed by atoms with Crippen molar-refractivity contribution in [1.82, 2.24) is 4.98 Å². The third kappa shape index (κ3) is 1.44. The Morgan fingerprint density at radius 3 is 3.07 bits per heavy atom. The zero-order valence-electron chi connectivity index (χ0n) is 7.28. The molecule has 0 N–H and O–H groups in total. The molecular weight excluding hydrogens is 206 g/mol. The molecule has 1 aromatic carbocycles. The van der Waals surface area contributed by atoms with Crippen molar-refractivity contribution in [3.63, 3.8) is 0 Å². The lowest BCUT2D eigenvalue weighted by Crippen LogP contribution is -2.00. The van der Waals surface area contributed by atoms with Crippen molar-refractivity contribution in [1.29, 1.82) is 0 Å². The predicted octanol–water partition coefficient (Wildman–Crippen LogP) is 2.27. The van der Waals surface area contributed by atoms with Crippen LogP contribution in [0.15, 0.2) is 22.6 Å². The first kappa shape index (κ1) is 9.02. The van der Waals surface area contributed by atoms with Crippen LogP contribution >= 0.6 is 11.6 Å². The molecule has 4 nitrogen and oxygen atoms in total. The first-order valence-corrected chi connectivity index (χ1v) is 4.23. The number of hydrogen-bond donors (Lipinski definition) is 0. The van der Waals surface area contributed by atoms with Crippen molar-refractivity contribution in [2.75, 3.05) is 7.11 Å². The molecule has 0 atom stereocenters. The van der Waals surface area contributed by atoms with Crippen LogP contribution in [0.5, 0.6) is 0 Å². The summed E-state index contributed by atoms with van der Waals surface area (Å²) in [6, 6.07) is 4.80. The number of oxazole rings is 1. The Morgan fingerprint density at radius 2 is 2.36 bits per heavy atom. The Morgan fingerprint density at radius 1 is 1.57 bits per heavy atom. The molecule has 0 aliphatic carbocycles. The number of halogens is 1. The van der Waals surface area contributed by atoms with Gasteiger partial charge in [0.2, 0.25) is 0 Å². The van der Waals surface area contributed by atoms with Gasteiger partial charge in [-0.3, -0.25) is 0 Å². The molecule has 0 amide bonds. The fraction of sp³-hybridized carbons (Fsp3) is 0.111. The van der Waals surface area contributed by atoms with Gasteiger partial charge in [-0.2, -0.15) is 4.98 Å². The van der Waals surface area contributed by atoms with E-state index in [4.69, 9.17) is 16.0 Å². The van der Waals surface area contributed by atoms with Crippen LogP contribution in [0.3, 0.4) is 0 Å². The number of hydrogen-bond acceptors (Lipinski definition) is 4. The molecule has 0 spiro atoms. The second kappa shape index (κ2) is 3.31. The van der Waals surface area contributed by atoms with Crippen LogP contribution in [0, 0.1) is 0 Å². The number of ether oxygens (including phenoxy) is 1. The van der Waals surface area contributed by atoms with Crippen molar-refractivity contribution in [3.05, 3.63) is 29.1 Å². The number of methoxy groups -OCH3 is 1. The van der Waals surface area contributed by atoms with Crippen molar-refractivity contribution in [2.24, 2.45) is 0 Å². The molecule has 0 saturated heterocycles. The van der Waals surface area contributed by atoms with E-state index in [-0.39, 0.29) is 5.35 Å². The standard InChI is InChI=1S/C9H6ClNO3/c1-13-8(12)5-2-3-6-7(4-5)14-9(10)11-6/h2-4H,1H3. The summed E-state index contributed by atoms with van der Waals surface area (Å²) in [5.74, 6) is -0.417. The average molecular weight is 212 g/mol. The number of carbonyl (C=O) groups excluding carboxylic acids is 1.